The molecule has 0 aromatic rings. The fourth-order valence-electron chi connectivity index (χ4n) is 12.4. The van der Waals surface area contributed by atoms with E-state index in [2.05, 4.69) is 70.8 Å². The predicted octanol–water partition coefficient (Wildman–Crippen LogP) is -1.49. The summed E-state index contributed by atoms with van der Waals surface area (Å²) in [5, 5.41) is 125. The van der Waals surface area contributed by atoms with Gasteiger partial charge in [0.1, 0.15) is 84.7 Å². The van der Waals surface area contributed by atoms with Crippen LogP contribution in [0.5, 0.6) is 0 Å². The fraction of sp³-hybridized carbons (Fsp3) is 0.742. The summed E-state index contributed by atoms with van der Waals surface area (Å²) in [6, 6.07) is 0. The molecule has 0 aromatic carbocycles. The number of nitrogens with two attached hydrogens (primary N) is 2. The third-order valence-corrected chi connectivity index (χ3v) is 19.7. The van der Waals surface area contributed by atoms with Gasteiger partial charge in [-0.3, -0.25) is 14.4 Å². The van der Waals surface area contributed by atoms with Crippen molar-refractivity contribution in [3.8, 4) is 0 Å². The van der Waals surface area contributed by atoms with E-state index in [0.29, 0.717) is 12.8 Å². The SMILES string of the molecule is C=C(C/C=C(\C)CCC=C(C)C)CCC(C)(C)/C=C/CC/C(C)=C\CO[C@H](CO[P+]([O-])([O-])O[C@@H]1O[C@H](C(N)=O)C(C)(O)C(OC(N)=O)[C@H]1O[C@@H]1OC2CO[C@@H]3OC(CO)[C@@H](O)[C@H](OC4O[C@@H](O[C@H]2[C@H](O)C1C)C(C)[C@@H](O)[C@@H]4O[C@@H]1OC(C(=O)NC2=C(O)CCC2=O)[C@H](O)[C@H](O)C1O)C3O)C(=O)O. The summed E-state index contributed by atoms with van der Waals surface area (Å²) in [7, 11) is -5.95. The Balaban J connectivity index is 1.06. The van der Waals surface area contributed by atoms with Gasteiger partial charge in [-0.15, -0.1) is 0 Å². The first kappa shape index (κ1) is 84.3. The smallest absolute Gasteiger partial charge is 0.404 e. The van der Waals surface area contributed by atoms with E-state index in [-0.39, 0.29) is 24.9 Å². The first-order valence-corrected chi connectivity index (χ1v) is 35.1. The number of hydrogen-bond acceptors (Lipinski definition) is 31. The monoisotopic (exact) mass is 1480 g/mol. The minimum absolute atomic E-state index is 0.114. The van der Waals surface area contributed by atoms with Crippen LogP contribution in [0.25, 0.3) is 0 Å². The first-order valence-electron chi connectivity index (χ1n) is 33.7. The van der Waals surface area contributed by atoms with Gasteiger partial charge in [-0.05, 0) is 85.0 Å². The average Bonchev–Trinajstić information content (AvgIpc) is 0.799. The number of Topliss-reactive ketones (excluding diaryl/α,β-unsaturated/α-hetero) is 1. The van der Waals surface area contributed by atoms with E-state index in [1.165, 1.54) is 25.0 Å². The van der Waals surface area contributed by atoms with Crippen molar-refractivity contribution >= 4 is 37.8 Å². The highest BCUT2D eigenvalue weighted by Gasteiger charge is 2.63. The van der Waals surface area contributed by atoms with Crippen LogP contribution < -0.4 is 26.6 Å². The van der Waals surface area contributed by atoms with Crippen molar-refractivity contribution in [3.63, 3.8) is 0 Å². The van der Waals surface area contributed by atoms with E-state index in [1.807, 2.05) is 0 Å². The number of ketones is 1. The molecular formula is C66H101N3O32P-. The molecule has 102 heavy (non-hydrogen) atoms. The number of carbonyl (C=O) groups is 5. The number of primary amides is 2. The molecule has 6 fully saturated rings. The lowest BCUT2D eigenvalue weighted by atomic mass is 9.84. The van der Waals surface area contributed by atoms with Crippen LogP contribution in [0.4, 0.5) is 4.79 Å². The molecule has 0 radical (unpaired) electrons. The number of carboxylic acid groups (broad SMARTS) is 1. The molecule has 6 heterocycles. The third-order valence-electron chi connectivity index (χ3n) is 18.8. The molecule has 7 aliphatic rings. The van der Waals surface area contributed by atoms with Crippen molar-refractivity contribution in [2.75, 3.05) is 26.4 Å². The Kier molecular flexibility index (Phi) is 30.2. The number of carbonyl (C=O) groups excluding carboxylic acids is 4. The quantitative estimate of drug-likeness (QED) is 0.0288. The molecule has 35 nitrogen and oxygen atoms in total. The summed E-state index contributed by atoms with van der Waals surface area (Å²) < 4.78 is 81.2. The number of phosphoric ester groups is 1. The normalized spacial score (nSPS) is 37.6. The summed E-state index contributed by atoms with van der Waals surface area (Å²) in [6.45, 7) is 16.8. The number of amides is 3. The van der Waals surface area contributed by atoms with Crippen molar-refractivity contribution in [3.05, 3.63) is 70.7 Å². The Bertz CT molecular complexity index is 3050. The molecule has 6 saturated heterocycles. The molecule has 0 saturated carbocycles. The largest absolute Gasteiger partial charge is 0.634 e. The molecule has 1 aliphatic carbocycles. The van der Waals surface area contributed by atoms with Crippen LogP contribution >= 0.6 is 8.17 Å². The Hall–Kier alpha value is -4.94. The van der Waals surface area contributed by atoms with Crippen LogP contribution in [0, 0.1) is 17.3 Å². The summed E-state index contributed by atoms with van der Waals surface area (Å²) in [5.41, 5.74) is 12.2. The van der Waals surface area contributed by atoms with Crippen LogP contribution in [-0.2, 0) is 85.1 Å². The van der Waals surface area contributed by atoms with Crippen LogP contribution in [0.15, 0.2) is 70.7 Å². The Morgan fingerprint density at radius 1 is 0.765 bits per heavy atom. The van der Waals surface area contributed by atoms with Crippen LogP contribution in [0.1, 0.15) is 120 Å². The molecular weight excluding hydrogens is 1380 g/mol. The van der Waals surface area contributed by atoms with E-state index < -0.39 is 228 Å². The van der Waals surface area contributed by atoms with E-state index in [0.717, 1.165) is 50.2 Å². The van der Waals surface area contributed by atoms with E-state index in [4.69, 9.17) is 77.4 Å². The van der Waals surface area contributed by atoms with E-state index in [1.54, 1.807) is 13.0 Å². The van der Waals surface area contributed by atoms with Crippen LogP contribution in [-0.4, -0.2) is 259 Å². The van der Waals surface area contributed by atoms with Gasteiger partial charge >= 0.3 is 12.1 Å². The molecule has 6 aliphatic heterocycles. The van der Waals surface area contributed by atoms with Gasteiger partial charge in [0.2, 0.25) is 20.4 Å². The lowest BCUT2D eigenvalue weighted by Gasteiger charge is -2.52. The number of fused-ring (bicyclic) bond motifs is 5. The lowest BCUT2D eigenvalue weighted by Crippen LogP contribution is -2.71. The minimum Gasteiger partial charge on any atom is -0.634 e. The summed E-state index contributed by atoms with van der Waals surface area (Å²) in [6.07, 6.45) is -32.9. The highest BCUT2D eigenvalue weighted by molar-refractivity contribution is 7.51. The zero-order valence-corrected chi connectivity index (χ0v) is 59.2. The number of aliphatic carboxylic acids is 1. The summed E-state index contributed by atoms with van der Waals surface area (Å²) in [4.78, 5) is 91.6. The van der Waals surface area contributed by atoms with Crippen molar-refractivity contribution in [1.29, 1.82) is 0 Å². The molecule has 0 spiro atoms. The second-order valence-corrected chi connectivity index (χ2v) is 29.2. The van der Waals surface area contributed by atoms with Gasteiger partial charge < -0.3 is 140 Å². The van der Waals surface area contributed by atoms with Crippen molar-refractivity contribution in [2.24, 2.45) is 28.7 Å². The third kappa shape index (κ3) is 21.7. The number of rotatable bonds is 30. The van der Waals surface area contributed by atoms with Gasteiger partial charge in [0.05, 0.1) is 32.0 Å². The zero-order chi connectivity index (χ0) is 75.6. The highest BCUT2D eigenvalue weighted by atomic mass is 31.2. The number of allylic oxidation sites excluding steroid dienone is 10. The van der Waals surface area contributed by atoms with Crippen LogP contribution in [0.2, 0.25) is 0 Å². The number of ether oxygens (including phenoxy) is 12. The van der Waals surface area contributed by atoms with Gasteiger partial charge in [-0.1, -0.05) is 86.9 Å². The fourth-order valence-corrected chi connectivity index (χ4v) is 13.2. The molecule has 578 valence electrons. The summed E-state index contributed by atoms with van der Waals surface area (Å²) in [5.74, 6) is -8.38. The first-order chi connectivity index (χ1) is 47.7. The molecule has 26 atom stereocenters. The second-order valence-electron chi connectivity index (χ2n) is 27.9. The highest BCUT2D eigenvalue weighted by Crippen LogP contribution is 2.49. The number of aliphatic hydroxyl groups excluding tert-OH is 9. The molecule has 10 unspecified atom stereocenters. The average molecular weight is 1480 g/mol. The maximum Gasteiger partial charge on any atom is 0.404 e. The van der Waals surface area contributed by atoms with Crippen molar-refractivity contribution < 1.29 is 156 Å². The molecule has 16 N–H and O–H groups in total. The van der Waals surface area contributed by atoms with E-state index in [9.17, 15) is 89.9 Å². The number of nitrogens with one attached hydrogen (secondary N) is 1. The molecule has 4 bridgehead atoms. The Labute approximate surface area is 590 Å². The molecule has 0 aromatic heterocycles. The number of aliphatic hydroxyl groups is 10. The van der Waals surface area contributed by atoms with Gasteiger partial charge in [0, 0.05) is 24.7 Å². The summed E-state index contributed by atoms with van der Waals surface area (Å²) >= 11 is 0. The Morgan fingerprint density at radius 3 is 2.07 bits per heavy atom. The number of phosphoric acid groups is 1. The topological polar surface area (TPSA) is 547 Å². The maximum absolute atomic E-state index is 13.9. The predicted molar refractivity (Wildman–Crippen MR) is 345 cm³/mol. The number of hydrogen-bond donors (Lipinski definition) is 14. The second kappa shape index (κ2) is 36.6. The number of carboxylic acids is 1. The van der Waals surface area contributed by atoms with Gasteiger partial charge in [0.15, 0.2) is 67.8 Å². The molecule has 36 heteroatoms. The van der Waals surface area contributed by atoms with Gasteiger partial charge in [-0.25, -0.2) is 14.1 Å². The molecule has 3 amide bonds. The van der Waals surface area contributed by atoms with Crippen LogP contribution in [0.3, 0.4) is 0 Å². The Morgan fingerprint density at radius 2 is 1.43 bits per heavy atom. The van der Waals surface area contributed by atoms with Gasteiger partial charge in [-0.2, -0.15) is 4.52 Å². The lowest BCUT2D eigenvalue weighted by molar-refractivity contribution is -0.424. The van der Waals surface area contributed by atoms with Gasteiger partial charge in [0.25, 0.3) is 5.91 Å². The zero-order valence-electron chi connectivity index (χ0n) is 58.3. The van der Waals surface area contributed by atoms with E-state index >= 15 is 0 Å². The standard InChI is InChI=1S/C66H102N3O32P/c1-29(2)14-13-16-30(3)17-18-32(5)21-24-65(8,9)23-12-11-15-31(4)22-25-88-39(57(82)83)28-90-102(86,87)101-63-52(53(99-64(68)84)66(10,85)54(98-63)55(67)80)97-58-33(6)41(73)48-38(92-58)27-89-60-47(79)49(43(75)37(26-70)91-60)94-62-51(42(74)34(7)59(93-48)100-62)96-61-46(78)44(76)45(77)50(95-61)56(81)69-40-35(71)19-20-36(40)72/h12,14,17,22-23,33-34,37-39,41-54,58-63,70-71,73-79,85H,5,11,13,15-16,18-21,24-28H2,1-4,6-10H3,(H2,67,80)(H2,68,84)(H,69,81)(H,82,83)(H,86,87)/p-1/b23-12+,30-17+,31-22-/t33?,34?,37?,38?,39-,41-,42-,43-,44+,45-,46?,47?,48-,49+,50?,51+,52-,53?,54-,58+,59-,60-,61+,62?,63+,66?/m1/s1. The molecule has 7 rings (SSSR count). The van der Waals surface area contributed by atoms with Crippen molar-refractivity contribution in [1.82, 2.24) is 5.32 Å². The maximum atomic E-state index is 13.9. The minimum atomic E-state index is -5.95. The van der Waals surface area contributed by atoms with Crippen molar-refractivity contribution in [2.45, 2.75) is 267 Å².